The van der Waals surface area contributed by atoms with Crippen molar-refractivity contribution >= 4 is 23.7 Å². The number of urea groups is 1. The van der Waals surface area contributed by atoms with Gasteiger partial charge in [0.25, 0.3) is 0 Å². The van der Waals surface area contributed by atoms with Gasteiger partial charge in [0, 0.05) is 7.11 Å². The highest BCUT2D eigenvalue weighted by atomic mass is 16.5. The lowest BCUT2D eigenvalue weighted by Crippen LogP contribution is -2.32. The largest absolute Gasteiger partial charge is 0.465 e. The molecule has 1 aromatic carbocycles. The number of hydrogen-bond acceptors (Lipinski definition) is 7. The van der Waals surface area contributed by atoms with Crippen molar-refractivity contribution in [3.8, 4) is 0 Å². The number of ether oxygens (including phenoxy) is 4. The van der Waals surface area contributed by atoms with Gasteiger partial charge in [-0.1, -0.05) is 0 Å². The van der Waals surface area contributed by atoms with Crippen LogP contribution in [0.5, 0.6) is 0 Å². The van der Waals surface area contributed by atoms with Crippen LogP contribution >= 0.6 is 0 Å². The summed E-state index contributed by atoms with van der Waals surface area (Å²) < 4.78 is 19.1. The van der Waals surface area contributed by atoms with Crippen molar-refractivity contribution in [2.45, 2.75) is 0 Å². The lowest BCUT2D eigenvalue weighted by Gasteiger charge is -2.12. The maximum atomic E-state index is 11.9. The number of hydrogen-bond donors (Lipinski definition) is 2. The Kier molecular flexibility index (Phi) is 8.23. The molecule has 0 saturated heterocycles. The van der Waals surface area contributed by atoms with E-state index < -0.39 is 18.0 Å². The van der Waals surface area contributed by atoms with Gasteiger partial charge in [-0.2, -0.15) is 0 Å². The Balaban J connectivity index is 2.80. The predicted molar refractivity (Wildman–Crippen MR) is 84.0 cm³/mol. The van der Waals surface area contributed by atoms with E-state index in [2.05, 4.69) is 20.1 Å². The Labute approximate surface area is 139 Å². The molecular formula is C15H20N2O7. The fourth-order valence-corrected chi connectivity index (χ4v) is 1.68. The number of nitrogens with one attached hydrogen (secondary N) is 2. The van der Waals surface area contributed by atoms with Crippen LogP contribution in [-0.2, 0) is 18.9 Å². The van der Waals surface area contributed by atoms with Crippen LogP contribution in [0.4, 0.5) is 10.5 Å². The minimum atomic E-state index is -0.655. The molecule has 9 heteroatoms. The van der Waals surface area contributed by atoms with E-state index in [9.17, 15) is 14.4 Å². The Bertz CT molecular complexity index is 589. The summed E-state index contributed by atoms with van der Waals surface area (Å²) in [7, 11) is 3.98. The third-order valence-electron chi connectivity index (χ3n) is 2.86. The Morgan fingerprint density at radius 2 is 1.71 bits per heavy atom. The van der Waals surface area contributed by atoms with E-state index in [1.165, 1.54) is 39.5 Å². The number of amides is 2. The molecule has 132 valence electrons. The molecule has 24 heavy (non-hydrogen) atoms. The molecule has 0 spiro atoms. The van der Waals surface area contributed by atoms with Crippen LogP contribution in [0.1, 0.15) is 20.7 Å². The standard InChI is InChI=1S/C15H20N2O7/c1-21-6-7-24-9-16-15(20)17-12-8-10(13(18)22-2)4-5-11(12)14(19)23-3/h4-5,8H,6-7,9H2,1-3H3,(H2,16,17,20). The summed E-state index contributed by atoms with van der Waals surface area (Å²) in [5.41, 5.74) is 0.386. The van der Waals surface area contributed by atoms with Gasteiger partial charge in [0.15, 0.2) is 0 Å². The zero-order valence-electron chi connectivity index (χ0n) is 13.7. The van der Waals surface area contributed by atoms with Crippen molar-refractivity contribution in [1.82, 2.24) is 5.32 Å². The minimum absolute atomic E-state index is 0.0422. The molecule has 2 N–H and O–H groups in total. The van der Waals surface area contributed by atoms with Crippen molar-refractivity contribution in [3.05, 3.63) is 29.3 Å². The van der Waals surface area contributed by atoms with Crippen LogP contribution in [0, 0.1) is 0 Å². The second-order valence-electron chi connectivity index (χ2n) is 4.42. The van der Waals surface area contributed by atoms with Crippen LogP contribution in [0.25, 0.3) is 0 Å². The van der Waals surface area contributed by atoms with E-state index in [0.29, 0.717) is 13.2 Å². The van der Waals surface area contributed by atoms with E-state index in [1.807, 2.05) is 0 Å². The average Bonchev–Trinajstić information content (AvgIpc) is 2.60. The topological polar surface area (TPSA) is 112 Å². The quantitative estimate of drug-likeness (QED) is 0.412. The van der Waals surface area contributed by atoms with Crippen molar-refractivity contribution < 1.29 is 33.3 Å². The molecule has 0 radical (unpaired) electrons. The average molecular weight is 340 g/mol. The van der Waals surface area contributed by atoms with Crippen molar-refractivity contribution in [3.63, 3.8) is 0 Å². The monoisotopic (exact) mass is 340 g/mol. The maximum absolute atomic E-state index is 11.9. The van der Waals surface area contributed by atoms with E-state index >= 15 is 0 Å². The first-order valence-corrected chi connectivity index (χ1v) is 6.95. The lowest BCUT2D eigenvalue weighted by atomic mass is 10.1. The number of carbonyl (C=O) groups is 3. The van der Waals surface area contributed by atoms with Crippen LogP contribution in [0.15, 0.2) is 18.2 Å². The van der Waals surface area contributed by atoms with Crippen molar-refractivity contribution in [2.24, 2.45) is 0 Å². The summed E-state index contributed by atoms with van der Waals surface area (Å²) >= 11 is 0. The lowest BCUT2D eigenvalue weighted by molar-refractivity contribution is 0.0587. The first-order valence-electron chi connectivity index (χ1n) is 6.95. The Morgan fingerprint density at radius 3 is 2.33 bits per heavy atom. The van der Waals surface area contributed by atoms with Crippen LogP contribution < -0.4 is 10.6 Å². The van der Waals surface area contributed by atoms with Gasteiger partial charge in [0.1, 0.15) is 6.73 Å². The van der Waals surface area contributed by atoms with Gasteiger partial charge in [0.2, 0.25) is 0 Å². The number of carbonyl (C=O) groups excluding carboxylic acids is 3. The highest BCUT2D eigenvalue weighted by Crippen LogP contribution is 2.19. The molecule has 1 rings (SSSR count). The summed E-state index contributed by atoms with van der Waals surface area (Å²) in [5.74, 6) is -1.25. The zero-order chi connectivity index (χ0) is 17.9. The second kappa shape index (κ2) is 10.2. The van der Waals surface area contributed by atoms with E-state index in [-0.39, 0.29) is 23.5 Å². The van der Waals surface area contributed by atoms with Crippen LogP contribution in [-0.4, -0.2) is 59.2 Å². The van der Waals surface area contributed by atoms with Crippen LogP contribution in [0.3, 0.4) is 0 Å². The van der Waals surface area contributed by atoms with Gasteiger partial charge in [-0.3, -0.25) is 0 Å². The van der Waals surface area contributed by atoms with Crippen LogP contribution in [0.2, 0.25) is 0 Å². The summed E-state index contributed by atoms with van der Waals surface area (Å²) in [5, 5.41) is 4.91. The molecule has 0 unspecified atom stereocenters. The Morgan fingerprint density at radius 1 is 1.00 bits per heavy atom. The normalized spacial score (nSPS) is 9.96. The number of methoxy groups -OCH3 is 3. The molecule has 0 fully saturated rings. The SMILES string of the molecule is COCCOCNC(=O)Nc1cc(C(=O)OC)ccc1C(=O)OC. The summed E-state index contributed by atoms with van der Waals surface area (Å²) in [4.78, 5) is 35.2. The smallest absolute Gasteiger partial charge is 0.339 e. The molecule has 0 aromatic heterocycles. The van der Waals surface area contributed by atoms with Crippen molar-refractivity contribution in [2.75, 3.05) is 46.6 Å². The molecule has 9 nitrogen and oxygen atoms in total. The molecule has 0 saturated carbocycles. The number of benzene rings is 1. The first kappa shape index (κ1) is 19.4. The van der Waals surface area contributed by atoms with Gasteiger partial charge >= 0.3 is 18.0 Å². The zero-order valence-corrected chi connectivity index (χ0v) is 13.7. The van der Waals surface area contributed by atoms with Gasteiger partial charge < -0.3 is 29.6 Å². The number of rotatable bonds is 8. The van der Waals surface area contributed by atoms with Gasteiger partial charge in [0.05, 0.1) is 44.2 Å². The molecule has 0 aliphatic rings. The molecule has 0 atom stereocenters. The molecule has 2 amide bonds. The maximum Gasteiger partial charge on any atom is 0.339 e. The molecule has 0 aliphatic carbocycles. The van der Waals surface area contributed by atoms with E-state index in [0.717, 1.165) is 0 Å². The minimum Gasteiger partial charge on any atom is -0.465 e. The highest BCUT2D eigenvalue weighted by Gasteiger charge is 2.17. The van der Waals surface area contributed by atoms with E-state index in [1.54, 1.807) is 0 Å². The summed E-state index contributed by atoms with van der Waals surface area (Å²) in [6.45, 7) is 0.679. The van der Waals surface area contributed by atoms with Gasteiger partial charge in [-0.15, -0.1) is 0 Å². The molecular weight excluding hydrogens is 320 g/mol. The Hall–Kier alpha value is -2.65. The number of anilines is 1. The molecule has 0 aliphatic heterocycles. The van der Waals surface area contributed by atoms with Crippen molar-refractivity contribution in [1.29, 1.82) is 0 Å². The fraction of sp³-hybridized carbons (Fsp3) is 0.400. The number of esters is 2. The molecule has 0 bridgehead atoms. The fourth-order valence-electron chi connectivity index (χ4n) is 1.68. The third-order valence-corrected chi connectivity index (χ3v) is 2.86. The van der Waals surface area contributed by atoms with E-state index in [4.69, 9.17) is 9.47 Å². The molecule has 1 aromatic rings. The highest BCUT2D eigenvalue weighted by molar-refractivity contribution is 6.03. The second-order valence-corrected chi connectivity index (χ2v) is 4.42. The summed E-state index contributed by atoms with van der Waals surface area (Å²) in [6.07, 6.45) is 0. The van der Waals surface area contributed by atoms with Gasteiger partial charge in [-0.05, 0) is 18.2 Å². The molecule has 0 heterocycles. The summed E-state index contributed by atoms with van der Waals surface area (Å²) in [6, 6.07) is 3.47. The third kappa shape index (κ3) is 5.86. The first-order chi connectivity index (χ1) is 11.5. The van der Waals surface area contributed by atoms with Gasteiger partial charge in [-0.25, -0.2) is 14.4 Å². The predicted octanol–water partition coefficient (Wildman–Crippen LogP) is 1.00.